The van der Waals surface area contributed by atoms with Crippen molar-refractivity contribution in [1.82, 2.24) is 5.32 Å². The molecule has 1 saturated heterocycles. The van der Waals surface area contributed by atoms with Crippen molar-refractivity contribution in [3.63, 3.8) is 0 Å². The maximum atomic E-state index is 10.8. The molecule has 1 unspecified atom stereocenters. The van der Waals surface area contributed by atoms with E-state index in [-0.39, 0.29) is 11.7 Å². The zero-order valence-corrected chi connectivity index (χ0v) is 9.86. The summed E-state index contributed by atoms with van der Waals surface area (Å²) in [5.41, 5.74) is 0.235. The molecule has 1 fully saturated rings. The second-order valence-electron chi connectivity index (χ2n) is 4.25. The summed E-state index contributed by atoms with van der Waals surface area (Å²) in [6.07, 6.45) is 2.49. The Kier molecular flexibility index (Phi) is 3.81. The van der Waals surface area contributed by atoms with Crippen molar-refractivity contribution in [1.29, 1.82) is 0 Å². The molecule has 1 aromatic heterocycles. The zero-order chi connectivity index (χ0) is 12.3. The Morgan fingerprint density at radius 1 is 1.65 bits per heavy atom. The molecule has 0 spiro atoms. The molecule has 0 aliphatic carbocycles. The molecule has 0 saturated carbocycles. The fourth-order valence-corrected chi connectivity index (χ4v) is 2.00. The molecule has 0 radical (unpaired) electrons. The number of carboxylic acid groups (broad SMARTS) is 1. The number of aromatic carboxylic acids is 1. The molecule has 0 amide bonds. The van der Waals surface area contributed by atoms with Crippen molar-refractivity contribution in [3.05, 3.63) is 23.2 Å². The van der Waals surface area contributed by atoms with Crippen LogP contribution in [0.2, 0.25) is 0 Å². The van der Waals surface area contributed by atoms with Crippen molar-refractivity contribution < 1.29 is 19.1 Å². The van der Waals surface area contributed by atoms with Crippen LogP contribution >= 0.6 is 0 Å². The summed E-state index contributed by atoms with van der Waals surface area (Å²) in [5, 5.41) is 12.1. The van der Waals surface area contributed by atoms with Crippen LogP contribution in [0.3, 0.4) is 0 Å². The Balaban J connectivity index is 1.82. The van der Waals surface area contributed by atoms with Gasteiger partial charge in [-0.05, 0) is 25.8 Å². The third-order valence-electron chi connectivity index (χ3n) is 2.89. The van der Waals surface area contributed by atoms with Crippen LogP contribution in [0.25, 0.3) is 0 Å². The van der Waals surface area contributed by atoms with E-state index >= 15 is 0 Å². The van der Waals surface area contributed by atoms with E-state index in [1.54, 1.807) is 13.0 Å². The van der Waals surface area contributed by atoms with E-state index in [0.29, 0.717) is 18.1 Å². The van der Waals surface area contributed by atoms with E-state index in [1.165, 1.54) is 0 Å². The van der Waals surface area contributed by atoms with Crippen LogP contribution in [0.5, 0.6) is 0 Å². The first-order valence-corrected chi connectivity index (χ1v) is 5.81. The number of ether oxygens (including phenoxy) is 1. The minimum absolute atomic E-state index is 0.235. The molecule has 17 heavy (non-hydrogen) atoms. The molecule has 94 valence electrons. The molecular formula is C12H17NO4. The van der Waals surface area contributed by atoms with Crippen molar-refractivity contribution in [2.45, 2.75) is 32.4 Å². The smallest absolute Gasteiger partial charge is 0.339 e. The van der Waals surface area contributed by atoms with E-state index in [4.69, 9.17) is 14.3 Å². The van der Waals surface area contributed by atoms with Crippen molar-refractivity contribution >= 4 is 5.97 Å². The van der Waals surface area contributed by atoms with Crippen LogP contribution in [0.4, 0.5) is 0 Å². The van der Waals surface area contributed by atoms with Crippen LogP contribution in [0.15, 0.2) is 10.5 Å². The highest BCUT2D eigenvalue weighted by atomic mass is 16.5. The average Bonchev–Trinajstić information content (AvgIpc) is 2.88. The largest absolute Gasteiger partial charge is 0.478 e. The lowest BCUT2D eigenvalue weighted by molar-refractivity contribution is 0.0695. The Labute approximate surface area is 99.8 Å². The van der Waals surface area contributed by atoms with Gasteiger partial charge in [-0.2, -0.15) is 0 Å². The van der Waals surface area contributed by atoms with Crippen LogP contribution in [-0.2, 0) is 11.3 Å². The lowest BCUT2D eigenvalue weighted by Gasteiger charge is -2.09. The second kappa shape index (κ2) is 5.33. The first-order chi connectivity index (χ1) is 8.16. The highest BCUT2D eigenvalue weighted by Crippen LogP contribution is 2.15. The monoisotopic (exact) mass is 239 g/mol. The molecule has 2 heterocycles. The highest BCUT2D eigenvalue weighted by Gasteiger charge is 2.16. The van der Waals surface area contributed by atoms with Gasteiger partial charge in [0.25, 0.3) is 0 Å². The predicted octanol–water partition coefficient (Wildman–Crippen LogP) is 1.55. The summed E-state index contributed by atoms with van der Waals surface area (Å²) in [6, 6.07) is 1.57. The molecule has 2 rings (SSSR count). The van der Waals surface area contributed by atoms with E-state index in [9.17, 15) is 4.79 Å². The molecule has 0 bridgehead atoms. The van der Waals surface area contributed by atoms with Crippen LogP contribution in [0, 0.1) is 6.92 Å². The molecule has 1 aromatic rings. The van der Waals surface area contributed by atoms with Gasteiger partial charge in [0.15, 0.2) is 0 Å². The normalized spacial score (nSPS) is 19.7. The Morgan fingerprint density at radius 2 is 2.47 bits per heavy atom. The standard InChI is InChI=1S/C12H17NO4/c1-8-11(12(14)15)5-10(17-8)7-13-6-9-3-2-4-16-9/h5,9,13H,2-4,6-7H2,1H3,(H,14,15). The third-order valence-corrected chi connectivity index (χ3v) is 2.89. The molecule has 1 aliphatic heterocycles. The Hall–Kier alpha value is -1.33. The molecule has 2 N–H and O–H groups in total. The van der Waals surface area contributed by atoms with Gasteiger partial charge in [-0.1, -0.05) is 0 Å². The molecule has 5 heteroatoms. The van der Waals surface area contributed by atoms with E-state index in [1.807, 2.05) is 0 Å². The van der Waals surface area contributed by atoms with Crippen LogP contribution in [0.1, 0.15) is 34.7 Å². The maximum absolute atomic E-state index is 10.8. The van der Waals surface area contributed by atoms with E-state index in [0.717, 1.165) is 26.0 Å². The number of rotatable bonds is 5. The molecular weight excluding hydrogens is 222 g/mol. The number of aryl methyl sites for hydroxylation is 1. The minimum Gasteiger partial charge on any atom is -0.478 e. The quantitative estimate of drug-likeness (QED) is 0.815. The lowest BCUT2D eigenvalue weighted by Crippen LogP contribution is -2.25. The zero-order valence-electron chi connectivity index (χ0n) is 9.86. The second-order valence-corrected chi connectivity index (χ2v) is 4.25. The third kappa shape index (κ3) is 3.08. The summed E-state index contributed by atoms with van der Waals surface area (Å²) in [7, 11) is 0. The molecule has 1 atom stereocenters. The predicted molar refractivity (Wildman–Crippen MR) is 61.1 cm³/mol. The van der Waals surface area contributed by atoms with E-state index in [2.05, 4.69) is 5.32 Å². The Bertz CT molecular complexity index is 393. The van der Waals surface area contributed by atoms with Gasteiger partial charge in [0.05, 0.1) is 12.6 Å². The number of furan rings is 1. The van der Waals surface area contributed by atoms with Gasteiger partial charge < -0.3 is 19.6 Å². The lowest BCUT2D eigenvalue weighted by atomic mass is 10.2. The summed E-state index contributed by atoms with van der Waals surface area (Å²) in [5.74, 6) is 0.154. The first-order valence-electron chi connectivity index (χ1n) is 5.81. The molecule has 5 nitrogen and oxygen atoms in total. The van der Waals surface area contributed by atoms with Gasteiger partial charge >= 0.3 is 5.97 Å². The van der Waals surface area contributed by atoms with Crippen LogP contribution < -0.4 is 5.32 Å². The highest BCUT2D eigenvalue weighted by molar-refractivity contribution is 5.88. The van der Waals surface area contributed by atoms with Crippen molar-refractivity contribution in [2.24, 2.45) is 0 Å². The summed E-state index contributed by atoms with van der Waals surface area (Å²) >= 11 is 0. The van der Waals surface area contributed by atoms with Crippen molar-refractivity contribution in [3.8, 4) is 0 Å². The topological polar surface area (TPSA) is 71.7 Å². The van der Waals surface area contributed by atoms with Crippen LogP contribution in [-0.4, -0.2) is 30.3 Å². The first kappa shape index (κ1) is 12.1. The summed E-state index contributed by atoms with van der Waals surface area (Å²) in [6.45, 7) is 3.82. The van der Waals surface area contributed by atoms with Gasteiger partial charge in [-0.3, -0.25) is 0 Å². The summed E-state index contributed by atoms with van der Waals surface area (Å²) < 4.78 is 10.8. The fraction of sp³-hybridized carbons (Fsp3) is 0.583. The molecule has 1 aliphatic rings. The van der Waals surface area contributed by atoms with E-state index < -0.39 is 5.97 Å². The van der Waals surface area contributed by atoms with Gasteiger partial charge in [-0.25, -0.2) is 4.79 Å². The Morgan fingerprint density at radius 3 is 3.06 bits per heavy atom. The SMILES string of the molecule is Cc1oc(CNCC2CCCO2)cc1C(=O)O. The van der Waals surface area contributed by atoms with Gasteiger partial charge in [0.2, 0.25) is 0 Å². The number of nitrogens with one attached hydrogen (secondary N) is 1. The maximum Gasteiger partial charge on any atom is 0.339 e. The number of hydrogen-bond acceptors (Lipinski definition) is 4. The van der Waals surface area contributed by atoms with Crippen molar-refractivity contribution in [2.75, 3.05) is 13.2 Å². The number of carbonyl (C=O) groups is 1. The molecule has 0 aromatic carbocycles. The fourth-order valence-electron chi connectivity index (χ4n) is 2.00. The number of hydrogen-bond donors (Lipinski definition) is 2. The van der Waals surface area contributed by atoms with Gasteiger partial charge in [-0.15, -0.1) is 0 Å². The average molecular weight is 239 g/mol. The summed E-state index contributed by atoms with van der Waals surface area (Å²) in [4.78, 5) is 10.8. The van der Waals surface area contributed by atoms with Gasteiger partial charge in [0, 0.05) is 13.2 Å². The minimum atomic E-state index is -0.948. The van der Waals surface area contributed by atoms with Gasteiger partial charge in [0.1, 0.15) is 17.1 Å². The number of carboxylic acids is 1.